The van der Waals surface area contributed by atoms with Gasteiger partial charge in [0.15, 0.2) is 0 Å². The van der Waals surface area contributed by atoms with E-state index in [0.29, 0.717) is 11.6 Å². The van der Waals surface area contributed by atoms with Gasteiger partial charge in [0.25, 0.3) is 0 Å². The van der Waals surface area contributed by atoms with Gasteiger partial charge in [0.1, 0.15) is 11.5 Å². The van der Waals surface area contributed by atoms with Crippen molar-refractivity contribution < 1.29 is 9.47 Å². The molecule has 0 amide bonds. The monoisotopic (exact) mass is 294 g/mol. The second-order valence-electron chi connectivity index (χ2n) is 4.51. The van der Waals surface area contributed by atoms with E-state index in [1.54, 1.807) is 14.2 Å². The zero-order valence-electron chi connectivity index (χ0n) is 12.2. The lowest BCUT2D eigenvalue weighted by atomic mass is 10.2. The lowest BCUT2D eigenvalue weighted by Gasteiger charge is -2.04. The van der Waals surface area contributed by atoms with Crippen molar-refractivity contribution in [2.24, 2.45) is 0 Å². The fourth-order valence-electron chi connectivity index (χ4n) is 1.98. The topological polar surface area (TPSA) is 70.0 Å². The number of hydrogen-bond donors (Lipinski definition) is 0. The minimum Gasteiger partial charge on any atom is -0.497 e. The van der Waals surface area contributed by atoms with E-state index in [2.05, 4.69) is 20.4 Å². The van der Waals surface area contributed by atoms with E-state index in [1.807, 2.05) is 48.5 Å². The molecule has 6 nitrogen and oxygen atoms in total. The Morgan fingerprint density at radius 1 is 0.636 bits per heavy atom. The smallest absolute Gasteiger partial charge is 0.203 e. The Hall–Kier alpha value is -3.02. The van der Waals surface area contributed by atoms with Gasteiger partial charge in [-0.2, -0.15) is 0 Å². The van der Waals surface area contributed by atoms with Crippen LogP contribution in [0.5, 0.6) is 11.5 Å². The molecule has 0 saturated carbocycles. The quantitative estimate of drug-likeness (QED) is 0.736. The van der Waals surface area contributed by atoms with Crippen LogP contribution in [0.3, 0.4) is 0 Å². The van der Waals surface area contributed by atoms with Gasteiger partial charge < -0.3 is 9.47 Å². The maximum Gasteiger partial charge on any atom is 0.203 e. The van der Waals surface area contributed by atoms with Crippen molar-refractivity contribution in [3.63, 3.8) is 0 Å². The Bertz CT molecular complexity index is 709. The molecule has 0 aliphatic carbocycles. The average molecular weight is 294 g/mol. The first kappa shape index (κ1) is 13.9. The van der Waals surface area contributed by atoms with E-state index in [1.165, 1.54) is 0 Å². The van der Waals surface area contributed by atoms with E-state index in [9.17, 15) is 0 Å². The van der Waals surface area contributed by atoms with Crippen LogP contribution in [0.15, 0.2) is 48.5 Å². The highest BCUT2D eigenvalue weighted by Gasteiger charge is 2.08. The highest BCUT2D eigenvalue weighted by atomic mass is 16.5. The van der Waals surface area contributed by atoms with Crippen molar-refractivity contribution in [3.05, 3.63) is 48.5 Å². The van der Waals surface area contributed by atoms with Crippen molar-refractivity contribution in [2.45, 2.75) is 0 Å². The summed E-state index contributed by atoms with van der Waals surface area (Å²) in [4.78, 5) is 0. The van der Waals surface area contributed by atoms with Crippen molar-refractivity contribution in [2.75, 3.05) is 14.2 Å². The first-order valence-corrected chi connectivity index (χ1v) is 6.66. The third-order valence-electron chi connectivity index (χ3n) is 3.13. The minimum atomic E-state index is 0.450. The van der Waals surface area contributed by atoms with Crippen LogP contribution in [0, 0.1) is 0 Å². The lowest BCUT2D eigenvalue weighted by Crippen LogP contribution is -1.99. The molecule has 0 spiro atoms. The van der Waals surface area contributed by atoms with E-state index < -0.39 is 0 Å². The number of aromatic nitrogens is 4. The predicted molar refractivity (Wildman–Crippen MR) is 81.6 cm³/mol. The summed E-state index contributed by atoms with van der Waals surface area (Å²) < 4.78 is 10.4. The number of rotatable bonds is 4. The zero-order chi connectivity index (χ0) is 15.4. The summed E-state index contributed by atoms with van der Waals surface area (Å²) in [6, 6.07) is 14.9. The first-order valence-electron chi connectivity index (χ1n) is 6.66. The van der Waals surface area contributed by atoms with Crippen LogP contribution < -0.4 is 9.47 Å². The molecule has 0 saturated heterocycles. The van der Waals surface area contributed by atoms with Crippen LogP contribution >= 0.6 is 0 Å². The van der Waals surface area contributed by atoms with Gasteiger partial charge in [0.2, 0.25) is 11.6 Å². The van der Waals surface area contributed by atoms with Crippen LogP contribution in [0.2, 0.25) is 0 Å². The molecule has 0 aliphatic heterocycles. The largest absolute Gasteiger partial charge is 0.497 e. The molecule has 3 aromatic rings. The number of ether oxygens (including phenoxy) is 2. The fraction of sp³-hybridized carbons (Fsp3) is 0.125. The number of hydrogen-bond acceptors (Lipinski definition) is 6. The van der Waals surface area contributed by atoms with Gasteiger partial charge in [0.05, 0.1) is 14.2 Å². The van der Waals surface area contributed by atoms with Crippen molar-refractivity contribution in [1.82, 2.24) is 20.4 Å². The molecule has 1 heterocycles. The van der Waals surface area contributed by atoms with Crippen LogP contribution in [-0.2, 0) is 0 Å². The summed E-state index contributed by atoms with van der Waals surface area (Å²) in [5.41, 5.74) is 1.60. The molecule has 0 fully saturated rings. The average Bonchev–Trinajstić information content (AvgIpc) is 2.62. The molecule has 6 heteroatoms. The third kappa shape index (κ3) is 2.85. The molecular formula is C16H14N4O2. The highest BCUT2D eigenvalue weighted by molar-refractivity contribution is 5.59. The first-order chi connectivity index (χ1) is 10.8. The zero-order valence-corrected chi connectivity index (χ0v) is 12.2. The van der Waals surface area contributed by atoms with Crippen LogP contribution in [0.25, 0.3) is 22.8 Å². The molecule has 2 aromatic carbocycles. The van der Waals surface area contributed by atoms with Gasteiger partial charge in [-0.05, 0) is 24.3 Å². The molecular weight excluding hydrogens is 280 g/mol. The molecule has 0 N–H and O–H groups in total. The standard InChI is InChI=1S/C16H14N4O2/c1-21-13-7-3-5-11(9-13)15-17-19-16(20-18-15)12-6-4-8-14(10-12)22-2/h3-10H,1-2H3. The second kappa shape index (κ2) is 6.17. The maximum absolute atomic E-state index is 5.18. The second-order valence-corrected chi connectivity index (χ2v) is 4.51. The van der Waals surface area contributed by atoms with Gasteiger partial charge in [-0.15, -0.1) is 20.4 Å². The van der Waals surface area contributed by atoms with Gasteiger partial charge >= 0.3 is 0 Å². The van der Waals surface area contributed by atoms with Gasteiger partial charge in [0, 0.05) is 11.1 Å². The molecule has 3 rings (SSSR count). The molecule has 0 bridgehead atoms. The van der Waals surface area contributed by atoms with Crippen LogP contribution in [-0.4, -0.2) is 34.6 Å². The van der Waals surface area contributed by atoms with Crippen molar-refractivity contribution >= 4 is 0 Å². The van der Waals surface area contributed by atoms with Crippen molar-refractivity contribution in [1.29, 1.82) is 0 Å². The van der Waals surface area contributed by atoms with Gasteiger partial charge in [-0.1, -0.05) is 24.3 Å². The number of benzene rings is 2. The summed E-state index contributed by atoms with van der Waals surface area (Å²) in [7, 11) is 3.23. The van der Waals surface area contributed by atoms with E-state index in [4.69, 9.17) is 9.47 Å². The molecule has 0 aliphatic rings. The fourth-order valence-corrected chi connectivity index (χ4v) is 1.98. The number of methoxy groups -OCH3 is 2. The van der Waals surface area contributed by atoms with E-state index in [-0.39, 0.29) is 0 Å². The number of nitrogens with zero attached hydrogens (tertiary/aromatic N) is 4. The van der Waals surface area contributed by atoms with Crippen LogP contribution in [0.4, 0.5) is 0 Å². The summed E-state index contributed by atoms with van der Waals surface area (Å²) in [5.74, 6) is 2.37. The summed E-state index contributed by atoms with van der Waals surface area (Å²) in [5, 5.41) is 16.5. The predicted octanol–water partition coefficient (Wildman–Crippen LogP) is 2.62. The normalized spacial score (nSPS) is 10.3. The van der Waals surface area contributed by atoms with E-state index >= 15 is 0 Å². The minimum absolute atomic E-state index is 0.450. The molecule has 0 atom stereocenters. The summed E-state index contributed by atoms with van der Waals surface area (Å²) in [6.07, 6.45) is 0. The van der Waals surface area contributed by atoms with Crippen molar-refractivity contribution in [3.8, 4) is 34.3 Å². The van der Waals surface area contributed by atoms with E-state index in [0.717, 1.165) is 22.6 Å². The Balaban J connectivity index is 1.91. The Morgan fingerprint density at radius 2 is 1.05 bits per heavy atom. The Morgan fingerprint density at radius 3 is 1.41 bits per heavy atom. The molecule has 0 unspecified atom stereocenters. The molecule has 22 heavy (non-hydrogen) atoms. The highest BCUT2D eigenvalue weighted by Crippen LogP contribution is 2.22. The maximum atomic E-state index is 5.18. The Labute approximate surface area is 127 Å². The van der Waals surface area contributed by atoms with Crippen LogP contribution in [0.1, 0.15) is 0 Å². The third-order valence-corrected chi connectivity index (χ3v) is 3.13. The van der Waals surface area contributed by atoms with Gasteiger partial charge in [-0.25, -0.2) is 0 Å². The molecule has 110 valence electrons. The summed E-state index contributed by atoms with van der Waals surface area (Å²) in [6.45, 7) is 0. The lowest BCUT2D eigenvalue weighted by molar-refractivity contribution is 0.415. The molecule has 1 aromatic heterocycles. The summed E-state index contributed by atoms with van der Waals surface area (Å²) >= 11 is 0. The molecule has 0 radical (unpaired) electrons. The Kier molecular flexibility index (Phi) is 3.91. The van der Waals surface area contributed by atoms with Gasteiger partial charge in [-0.3, -0.25) is 0 Å². The SMILES string of the molecule is COc1cccc(-c2nnc(-c3cccc(OC)c3)nn2)c1.